The normalized spacial score (nSPS) is 19.3. The van der Waals surface area contributed by atoms with Gasteiger partial charge in [-0.25, -0.2) is 19.4 Å². The number of nitrogens with zero attached hydrogens (tertiary/aromatic N) is 5. The third-order valence-electron chi connectivity index (χ3n) is 9.30. The molecule has 1 aliphatic carbocycles. The van der Waals surface area contributed by atoms with Crippen molar-refractivity contribution in [1.82, 2.24) is 25.5 Å². The van der Waals surface area contributed by atoms with Crippen LogP contribution in [-0.4, -0.2) is 69.5 Å². The Hall–Kier alpha value is -5.13. The van der Waals surface area contributed by atoms with Crippen LogP contribution in [0, 0.1) is 12.7 Å². The van der Waals surface area contributed by atoms with Gasteiger partial charge in [0.1, 0.15) is 11.5 Å². The van der Waals surface area contributed by atoms with E-state index >= 15 is 0 Å². The number of carbonyl (C=O) groups is 3. The van der Waals surface area contributed by atoms with Crippen LogP contribution in [0.3, 0.4) is 0 Å². The van der Waals surface area contributed by atoms with Crippen molar-refractivity contribution in [3.05, 3.63) is 107 Å². The zero-order valence-electron chi connectivity index (χ0n) is 29.5. The van der Waals surface area contributed by atoms with E-state index in [0.29, 0.717) is 49.1 Å². The van der Waals surface area contributed by atoms with Crippen LogP contribution in [0.15, 0.2) is 84.0 Å². The highest BCUT2D eigenvalue weighted by Gasteiger charge is 2.27. The van der Waals surface area contributed by atoms with E-state index in [1.807, 2.05) is 31.2 Å². The minimum atomic E-state index is -0.688. The lowest BCUT2D eigenvalue weighted by Gasteiger charge is -2.36. The van der Waals surface area contributed by atoms with E-state index in [-0.39, 0.29) is 29.2 Å². The quantitative estimate of drug-likeness (QED) is 0.219. The molecule has 2 aromatic heterocycles. The summed E-state index contributed by atoms with van der Waals surface area (Å²) in [7, 11) is 0. The number of rotatable bonds is 8. The van der Waals surface area contributed by atoms with Gasteiger partial charge in [0.2, 0.25) is 5.91 Å². The Kier molecular flexibility index (Phi) is 11.1. The first-order valence-corrected chi connectivity index (χ1v) is 17.5. The van der Waals surface area contributed by atoms with Gasteiger partial charge in [-0.05, 0) is 93.5 Å². The fraction of sp³-hybridized carbons (Fsp3) is 0.350. The molecule has 10 nitrogen and oxygen atoms in total. The number of nitrogens with one attached hydrogen (secondary N) is 2. The summed E-state index contributed by atoms with van der Waals surface area (Å²) < 4.78 is 14.6. The molecule has 3 amide bonds. The highest BCUT2D eigenvalue weighted by atomic mass is 19.1. The van der Waals surface area contributed by atoms with Gasteiger partial charge in [0.05, 0.1) is 17.4 Å². The molecule has 6 rings (SSSR count). The van der Waals surface area contributed by atoms with Crippen LogP contribution in [0.1, 0.15) is 78.6 Å². The van der Waals surface area contributed by atoms with Gasteiger partial charge in [-0.2, -0.15) is 0 Å². The average Bonchev–Trinajstić information content (AvgIpc) is 3.10. The fourth-order valence-electron chi connectivity index (χ4n) is 7.02. The van der Waals surface area contributed by atoms with Gasteiger partial charge in [-0.15, -0.1) is 0 Å². The number of carbonyl (C=O) groups excluding carboxylic acids is 3. The number of aliphatic imine (C=N–C) groups is 1. The number of hydrogen-bond donors (Lipinski definition) is 2. The standard InChI is InChI=1S/C40H44FN7O3/c1-25-7-5-10-37(44-25)40(51)46-34-17-15-33(16-18-34)45-39(50)36-20-32(41)21-42-38(36)48(28(4)49)35-9-6-8-31(19-35)30-13-11-29(12-14-30)24-47-22-26(2)43-27(3)23-47/h5-14,19-21,26-27,33,43H,15-18,22-24H2,1-4H3,(H,45,50)/t26-,27+,33?. The fourth-order valence-corrected chi connectivity index (χ4v) is 7.02. The van der Waals surface area contributed by atoms with Gasteiger partial charge in [0, 0.05) is 56.1 Å². The van der Waals surface area contributed by atoms with Crippen LogP contribution in [0.4, 0.5) is 15.9 Å². The van der Waals surface area contributed by atoms with Crippen molar-refractivity contribution < 1.29 is 18.8 Å². The van der Waals surface area contributed by atoms with Crippen LogP contribution < -0.4 is 15.5 Å². The molecule has 2 N–H and O–H groups in total. The number of amides is 3. The minimum absolute atomic E-state index is 0.0442. The summed E-state index contributed by atoms with van der Waals surface area (Å²) in [6.07, 6.45) is 3.17. The summed E-state index contributed by atoms with van der Waals surface area (Å²) >= 11 is 0. The third-order valence-corrected chi connectivity index (χ3v) is 9.30. The summed E-state index contributed by atoms with van der Waals surface area (Å²) in [5.74, 6) is -1.93. The van der Waals surface area contributed by atoms with E-state index in [1.165, 1.54) is 17.4 Å². The molecule has 2 atom stereocenters. The molecule has 2 fully saturated rings. The number of halogens is 1. The molecule has 2 aliphatic rings. The van der Waals surface area contributed by atoms with Gasteiger partial charge in [-0.3, -0.25) is 24.2 Å². The topological polar surface area (TPSA) is 120 Å². The molecule has 1 saturated heterocycles. The lowest BCUT2D eigenvalue weighted by atomic mass is 9.93. The number of piperazine rings is 1. The van der Waals surface area contributed by atoms with Gasteiger partial charge in [0.15, 0.2) is 5.82 Å². The molecule has 1 saturated carbocycles. The van der Waals surface area contributed by atoms with Crippen molar-refractivity contribution in [2.45, 2.75) is 78.0 Å². The Balaban J connectivity index is 1.16. The SMILES string of the molecule is CC(=O)N(c1cccc(-c2ccc(CN3C[C@@H](C)N[C@@H](C)C3)cc2)c1)c1ncc(F)cc1C(=O)NC1CCC(=NC(=O)c2cccc(C)n2)CC1. The van der Waals surface area contributed by atoms with E-state index in [0.717, 1.165) is 54.4 Å². The zero-order valence-corrected chi connectivity index (χ0v) is 29.5. The average molecular weight is 690 g/mol. The Bertz CT molecular complexity index is 1930. The van der Waals surface area contributed by atoms with Gasteiger partial charge in [0.25, 0.3) is 11.8 Å². The number of benzene rings is 2. The molecule has 2 aromatic carbocycles. The summed E-state index contributed by atoms with van der Waals surface area (Å²) in [4.78, 5) is 56.0. The number of aromatic nitrogens is 2. The number of hydrogen-bond acceptors (Lipinski definition) is 7. The molecule has 51 heavy (non-hydrogen) atoms. The Labute approximate surface area is 298 Å². The molecule has 0 unspecified atom stereocenters. The van der Waals surface area contributed by atoms with Gasteiger partial charge >= 0.3 is 0 Å². The molecule has 1 aliphatic heterocycles. The van der Waals surface area contributed by atoms with Crippen molar-refractivity contribution in [3.8, 4) is 11.1 Å². The molecule has 0 bridgehead atoms. The van der Waals surface area contributed by atoms with Crippen LogP contribution in [0.5, 0.6) is 0 Å². The van der Waals surface area contributed by atoms with E-state index in [4.69, 9.17) is 0 Å². The maximum atomic E-state index is 14.6. The zero-order chi connectivity index (χ0) is 36.1. The van der Waals surface area contributed by atoms with Crippen molar-refractivity contribution >= 4 is 34.9 Å². The second-order valence-corrected chi connectivity index (χ2v) is 13.7. The minimum Gasteiger partial charge on any atom is -0.349 e. The summed E-state index contributed by atoms with van der Waals surface area (Å²) in [5, 5.41) is 6.57. The van der Waals surface area contributed by atoms with Crippen LogP contribution in [-0.2, 0) is 11.3 Å². The molecular formula is C40H44FN7O3. The maximum absolute atomic E-state index is 14.6. The first-order chi connectivity index (χ1) is 24.5. The van der Waals surface area contributed by atoms with Crippen molar-refractivity contribution in [2.24, 2.45) is 4.99 Å². The van der Waals surface area contributed by atoms with Crippen molar-refractivity contribution in [2.75, 3.05) is 18.0 Å². The van der Waals surface area contributed by atoms with E-state index in [1.54, 1.807) is 18.2 Å². The highest BCUT2D eigenvalue weighted by Crippen LogP contribution is 2.32. The predicted octanol–water partition coefficient (Wildman–Crippen LogP) is 6.41. The Morgan fingerprint density at radius 3 is 2.35 bits per heavy atom. The number of aryl methyl sites for hydroxylation is 1. The maximum Gasteiger partial charge on any atom is 0.295 e. The van der Waals surface area contributed by atoms with Crippen LogP contribution in [0.25, 0.3) is 11.1 Å². The Morgan fingerprint density at radius 2 is 1.67 bits per heavy atom. The van der Waals surface area contributed by atoms with Crippen molar-refractivity contribution in [1.29, 1.82) is 0 Å². The molecule has 0 spiro atoms. The lowest BCUT2D eigenvalue weighted by molar-refractivity contribution is -0.115. The second kappa shape index (κ2) is 15.8. The smallest absolute Gasteiger partial charge is 0.295 e. The second-order valence-electron chi connectivity index (χ2n) is 13.7. The third kappa shape index (κ3) is 8.97. The van der Waals surface area contributed by atoms with Crippen LogP contribution >= 0.6 is 0 Å². The van der Waals surface area contributed by atoms with Gasteiger partial charge in [-0.1, -0.05) is 42.5 Å². The first kappa shape index (κ1) is 35.7. The lowest BCUT2D eigenvalue weighted by Crippen LogP contribution is -2.53. The summed E-state index contributed by atoms with van der Waals surface area (Å²) in [6.45, 7) is 10.5. The highest BCUT2D eigenvalue weighted by molar-refractivity contribution is 6.07. The molecule has 4 aromatic rings. The van der Waals surface area contributed by atoms with E-state index in [2.05, 4.69) is 68.6 Å². The molecule has 264 valence electrons. The van der Waals surface area contributed by atoms with Crippen LogP contribution in [0.2, 0.25) is 0 Å². The number of pyridine rings is 2. The molecule has 11 heteroatoms. The molecule has 0 radical (unpaired) electrons. The Morgan fingerprint density at radius 1 is 0.961 bits per heavy atom. The monoisotopic (exact) mass is 689 g/mol. The van der Waals surface area contributed by atoms with E-state index < -0.39 is 11.7 Å². The predicted molar refractivity (Wildman–Crippen MR) is 197 cm³/mol. The summed E-state index contributed by atoms with van der Waals surface area (Å²) in [6, 6.07) is 22.9. The molecular weight excluding hydrogens is 645 g/mol. The largest absolute Gasteiger partial charge is 0.349 e. The van der Waals surface area contributed by atoms with Gasteiger partial charge < -0.3 is 10.6 Å². The first-order valence-electron chi connectivity index (χ1n) is 17.5. The van der Waals surface area contributed by atoms with Crippen molar-refractivity contribution in [3.63, 3.8) is 0 Å². The molecule has 3 heterocycles. The van der Waals surface area contributed by atoms with E-state index in [9.17, 15) is 18.8 Å². The number of anilines is 2. The summed E-state index contributed by atoms with van der Waals surface area (Å²) in [5.41, 5.74) is 5.35.